The van der Waals surface area contributed by atoms with Gasteiger partial charge < -0.3 is 5.73 Å². The van der Waals surface area contributed by atoms with E-state index in [4.69, 9.17) is 5.73 Å². The number of hydrogen-bond donors (Lipinski definition) is 1. The maximum atomic E-state index is 6.22. The molecule has 0 spiro atoms. The van der Waals surface area contributed by atoms with Crippen molar-refractivity contribution in [3.8, 4) is 0 Å². The lowest BCUT2D eigenvalue weighted by Crippen LogP contribution is -2.65. The second-order valence-corrected chi connectivity index (χ2v) is 7.10. The molecule has 2 heteroatoms. The first-order valence-corrected chi connectivity index (χ1v) is 6.88. The van der Waals surface area contributed by atoms with Crippen molar-refractivity contribution in [2.45, 2.75) is 89.4 Å². The van der Waals surface area contributed by atoms with Gasteiger partial charge in [-0.15, -0.1) is 0 Å². The monoisotopic (exact) mass is 224 g/mol. The number of rotatable bonds is 1. The van der Waals surface area contributed by atoms with E-state index in [1.807, 2.05) is 0 Å². The number of nitrogens with two attached hydrogens (primary N) is 1. The molecule has 0 aromatic heterocycles. The summed E-state index contributed by atoms with van der Waals surface area (Å²) in [4.78, 5) is 2.79. The van der Waals surface area contributed by atoms with Gasteiger partial charge in [-0.05, 0) is 53.4 Å². The highest BCUT2D eigenvalue weighted by molar-refractivity contribution is 5.04. The molecule has 1 aliphatic heterocycles. The van der Waals surface area contributed by atoms with Crippen molar-refractivity contribution < 1.29 is 0 Å². The average Bonchev–Trinajstić information content (AvgIpc) is 2.50. The van der Waals surface area contributed by atoms with E-state index in [9.17, 15) is 0 Å². The molecule has 0 unspecified atom stereocenters. The summed E-state index contributed by atoms with van der Waals surface area (Å²) in [7, 11) is 0. The zero-order valence-corrected chi connectivity index (χ0v) is 11.4. The predicted octanol–water partition coefficient (Wildman–Crippen LogP) is 2.91. The first-order chi connectivity index (χ1) is 7.33. The van der Waals surface area contributed by atoms with E-state index in [1.165, 1.54) is 25.7 Å². The molecular formula is C14H28N2. The molecule has 0 aromatic carbocycles. The molecule has 1 aliphatic carbocycles. The van der Waals surface area contributed by atoms with Gasteiger partial charge in [0.05, 0.1) is 0 Å². The Kier molecular flexibility index (Phi) is 3.09. The fraction of sp³-hybridized carbons (Fsp3) is 1.00. The third kappa shape index (κ3) is 2.14. The maximum Gasteiger partial charge on any atom is 0.0176 e. The molecule has 2 nitrogen and oxygen atoms in total. The lowest BCUT2D eigenvalue weighted by atomic mass is 9.76. The number of likely N-dealkylation sites (tertiary alicyclic amines) is 1. The fourth-order valence-electron chi connectivity index (χ4n) is 4.52. The minimum absolute atomic E-state index is 0.274. The average molecular weight is 224 g/mol. The Morgan fingerprint density at radius 2 is 1.38 bits per heavy atom. The molecule has 2 N–H and O–H groups in total. The van der Waals surface area contributed by atoms with Gasteiger partial charge in [0.15, 0.2) is 0 Å². The van der Waals surface area contributed by atoms with E-state index >= 15 is 0 Å². The van der Waals surface area contributed by atoms with Crippen molar-refractivity contribution in [1.29, 1.82) is 0 Å². The van der Waals surface area contributed by atoms with Crippen LogP contribution in [0.3, 0.4) is 0 Å². The van der Waals surface area contributed by atoms with Crippen molar-refractivity contribution in [2.24, 2.45) is 5.73 Å². The van der Waals surface area contributed by atoms with Gasteiger partial charge in [0.1, 0.15) is 0 Å². The predicted molar refractivity (Wildman–Crippen MR) is 69.5 cm³/mol. The molecule has 0 aromatic rings. The van der Waals surface area contributed by atoms with Crippen LogP contribution in [-0.2, 0) is 0 Å². The zero-order chi connectivity index (χ0) is 12.0. The molecule has 1 saturated heterocycles. The molecule has 1 saturated carbocycles. The topological polar surface area (TPSA) is 29.3 Å². The SMILES string of the molecule is CC1(C)CC(N)CC(C)(C)N1C1CCCC1. The van der Waals surface area contributed by atoms with E-state index in [2.05, 4.69) is 32.6 Å². The van der Waals surface area contributed by atoms with Gasteiger partial charge in [0.25, 0.3) is 0 Å². The van der Waals surface area contributed by atoms with Crippen LogP contribution in [0.25, 0.3) is 0 Å². The summed E-state index contributed by atoms with van der Waals surface area (Å²) in [5, 5.41) is 0. The Balaban J connectivity index is 2.23. The summed E-state index contributed by atoms with van der Waals surface area (Å²) in [6.45, 7) is 9.52. The summed E-state index contributed by atoms with van der Waals surface area (Å²) in [6, 6.07) is 1.18. The Hall–Kier alpha value is -0.0800. The minimum Gasteiger partial charge on any atom is -0.328 e. The number of nitrogens with zero attached hydrogens (tertiary/aromatic N) is 1. The quantitative estimate of drug-likeness (QED) is 0.742. The molecule has 0 bridgehead atoms. The highest BCUT2D eigenvalue weighted by atomic mass is 15.3. The molecular weight excluding hydrogens is 196 g/mol. The highest BCUT2D eigenvalue weighted by Gasteiger charge is 2.47. The second-order valence-electron chi connectivity index (χ2n) is 7.10. The van der Waals surface area contributed by atoms with Crippen LogP contribution in [0, 0.1) is 0 Å². The Labute approximate surface area is 101 Å². The molecule has 0 amide bonds. The van der Waals surface area contributed by atoms with Crippen molar-refractivity contribution in [1.82, 2.24) is 4.90 Å². The first-order valence-electron chi connectivity index (χ1n) is 6.88. The first kappa shape index (κ1) is 12.4. The van der Waals surface area contributed by atoms with E-state index in [0.717, 1.165) is 18.9 Å². The smallest absolute Gasteiger partial charge is 0.0176 e. The molecule has 0 radical (unpaired) electrons. The van der Waals surface area contributed by atoms with Gasteiger partial charge in [-0.1, -0.05) is 12.8 Å². The standard InChI is InChI=1S/C14H28N2/c1-13(2)9-11(15)10-14(3,4)16(13)12-7-5-6-8-12/h11-12H,5-10,15H2,1-4H3. The van der Waals surface area contributed by atoms with Gasteiger partial charge in [0, 0.05) is 23.2 Å². The van der Waals surface area contributed by atoms with E-state index < -0.39 is 0 Å². The maximum absolute atomic E-state index is 6.22. The minimum atomic E-state index is 0.274. The summed E-state index contributed by atoms with van der Waals surface area (Å²) >= 11 is 0. The van der Waals surface area contributed by atoms with Crippen molar-refractivity contribution in [2.75, 3.05) is 0 Å². The molecule has 2 aliphatic rings. The van der Waals surface area contributed by atoms with Crippen molar-refractivity contribution in [3.05, 3.63) is 0 Å². The van der Waals surface area contributed by atoms with Crippen LogP contribution in [0.2, 0.25) is 0 Å². The van der Waals surface area contributed by atoms with Crippen LogP contribution in [0.15, 0.2) is 0 Å². The molecule has 2 fully saturated rings. The summed E-state index contributed by atoms with van der Waals surface area (Å²) in [5.74, 6) is 0. The fourth-order valence-corrected chi connectivity index (χ4v) is 4.52. The van der Waals surface area contributed by atoms with Gasteiger partial charge >= 0.3 is 0 Å². The Morgan fingerprint density at radius 1 is 0.938 bits per heavy atom. The van der Waals surface area contributed by atoms with Gasteiger partial charge in [-0.3, -0.25) is 4.90 Å². The van der Waals surface area contributed by atoms with Crippen LogP contribution >= 0.6 is 0 Å². The van der Waals surface area contributed by atoms with Crippen LogP contribution in [0.1, 0.15) is 66.2 Å². The largest absolute Gasteiger partial charge is 0.328 e. The second kappa shape index (κ2) is 3.99. The van der Waals surface area contributed by atoms with Crippen molar-refractivity contribution >= 4 is 0 Å². The van der Waals surface area contributed by atoms with Crippen LogP contribution in [-0.4, -0.2) is 28.1 Å². The third-order valence-electron chi connectivity index (χ3n) is 4.52. The van der Waals surface area contributed by atoms with Crippen LogP contribution in [0.5, 0.6) is 0 Å². The summed E-state index contributed by atoms with van der Waals surface area (Å²) in [5.41, 5.74) is 6.77. The molecule has 0 atom stereocenters. The van der Waals surface area contributed by atoms with Crippen LogP contribution in [0.4, 0.5) is 0 Å². The van der Waals surface area contributed by atoms with E-state index in [0.29, 0.717) is 6.04 Å². The summed E-state index contributed by atoms with van der Waals surface area (Å²) in [6.07, 6.45) is 7.91. The number of piperidine rings is 1. The zero-order valence-electron chi connectivity index (χ0n) is 11.4. The van der Waals surface area contributed by atoms with Gasteiger partial charge in [-0.2, -0.15) is 0 Å². The lowest BCUT2D eigenvalue weighted by Gasteiger charge is -2.57. The van der Waals surface area contributed by atoms with E-state index in [-0.39, 0.29) is 11.1 Å². The highest BCUT2D eigenvalue weighted by Crippen LogP contribution is 2.42. The van der Waals surface area contributed by atoms with Gasteiger partial charge in [0.2, 0.25) is 0 Å². The normalized spacial score (nSPS) is 32.1. The lowest BCUT2D eigenvalue weighted by molar-refractivity contribution is -0.0659. The Bertz CT molecular complexity index is 233. The molecule has 1 heterocycles. The van der Waals surface area contributed by atoms with Gasteiger partial charge in [-0.25, -0.2) is 0 Å². The number of hydrogen-bond acceptors (Lipinski definition) is 2. The Morgan fingerprint density at radius 3 is 1.81 bits per heavy atom. The third-order valence-corrected chi connectivity index (χ3v) is 4.52. The summed E-state index contributed by atoms with van der Waals surface area (Å²) < 4.78 is 0. The van der Waals surface area contributed by atoms with Crippen molar-refractivity contribution in [3.63, 3.8) is 0 Å². The molecule has 2 rings (SSSR count). The molecule has 94 valence electrons. The van der Waals surface area contributed by atoms with E-state index in [1.54, 1.807) is 0 Å². The molecule has 16 heavy (non-hydrogen) atoms. The van der Waals surface area contributed by atoms with Crippen LogP contribution < -0.4 is 5.73 Å².